The first-order chi connectivity index (χ1) is 9.58. The molecule has 0 aliphatic carbocycles. The average Bonchev–Trinajstić information content (AvgIpc) is 2.76. The highest BCUT2D eigenvalue weighted by Crippen LogP contribution is 2.43. The summed E-state index contributed by atoms with van der Waals surface area (Å²) in [6.07, 6.45) is 1.11. The highest BCUT2D eigenvalue weighted by Gasteiger charge is 2.30. The van der Waals surface area contributed by atoms with Gasteiger partial charge in [-0.05, 0) is 45.2 Å². The molecule has 0 saturated heterocycles. The Kier molecular flexibility index (Phi) is 3.89. The van der Waals surface area contributed by atoms with Crippen molar-refractivity contribution in [1.29, 1.82) is 0 Å². The average molecular weight is 352 g/mol. The Bertz CT molecular complexity index is 637. The number of benzene rings is 1. The Balaban J connectivity index is 1.98. The van der Waals surface area contributed by atoms with Crippen LogP contribution in [-0.2, 0) is 0 Å². The van der Waals surface area contributed by atoms with Crippen LogP contribution >= 0.6 is 27.3 Å². The van der Waals surface area contributed by atoms with E-state index in [1.54, 1.807) is 0 Å². The summed E-state index contributed by atoms with van der Waals surface area (Å²) in [5.41, 5.74) is 2.57. The quantitative estimate of drug-likeness (QED) is 0.829. The van der Waals surface area contributed by atoms with Crippen molar-refractivity contribution < 1.29 is 4.74 Å². The minimum absolute atomic E-state index is 0.145. The van der Waals surface area contributed by atoms with E-state index in [4.69, 9.17) is 4.74 Å². The van der Waals surface area contributed by atoms with Crippen LogP contribution < -0.4 is 10.1 Å². The number of hydrogen-bond acceptors (Lipinski definition) is 3. The van der Waals surface area contributed by atoms with Gasteiger partial charge in [-0.3, -0.25) is 0 Å². The monoisotopic (exact) mass is 351 g/mol. The van der Waals surface area contributed by atoms with Crippen molar-refractivity contribution in [3.05, 3.63) is 49.6 Å². The zero-order valence-corrected chi connectivity index (χ0v) is 14.3. The minimum Gasteiger partial charge on any atom is -0.485 e. The van der Waals surface area contributed by atoms with Crippen molar-refractivity contribution in [3.63, 3.8) is 0 Å². The molecule has 0 amide bonds. The summed E-state index contributed by atoms with van der Waals surface area (Å²) in [6.45, 7) is 4.34. The molecule has 2 heterocycles. The molecular weight excluding hydrogens is 334 g/mol. The zero-order valence-electron chi connectivity index (χ0n) is 11.9. The summed E-state index contributed by atoms with van der Waals surface area (Å²) >= 11 is 5.39. The first kappa shape index (κ1) is 14.1. The number of aryl methyl sites for hydroxylation is 2. The molecule has 4 heteroatoms. The van der Waals surface area contributed by atoms with E-state index >= 15 is 0 Å². The molecule has 0 fully saturated rings. The van der Waals surface area contributed by atoms with Crippen LogP contribution in [0.3, 0.4) is 0 Å². The molecule has 106 valence electrons. The predicted octanol–water partition coefficient (Wildman–Crippen LogP) is 4.91. The fourth-order valence-corrected chi connectivity index (χ4v) is 4.23. The molecular formula is C16H18BrNOS. The van der Waals surface area contributed by atoms with Crippen molar-refractivity contribution in [2.24, 2.45) is 0 Å². The first-order valence-corrected chi connectivity index (χ1v) is 8.39. The van der Waals surface area contributed by atoms with Gasteiger partial charge in [0.25, 0.3) is 0 Å². The van der Waals surface area contributed by atoms with Crippen LogP contribution in [0.4, 0.5) is 0 Å². The topological polar surface area (TPSA) is 21.3 Å². The summed E-state index contributed by atoms with van der Waals surface area (Å²) < 4.78 is 7.34. The maximum atomic E-state index is 6.25. The van der Waals surface area contributed by atoms with E-state index in [-0.39, 0.29) is 6.10 Å². The maximum absolute atomic E-state index is 6.25. The molecule has 0 bridgehead atoms. The third kappa shape index (κ3) is 2.52. The summed E-state index contributed by atoms with van der Waals surface area (Å²) in [5.74, 6) is 0.993. The van der Waals surface area contributed by atoms with Crippen LogP contribution in [0.2, 0.25) is 0 Å². The molecule has 1 aliphatic rings. The minimum atomic E-state index is 0.145. The SMILES string of the molecule is CNC1CC(c2cc(C)sc2C)Oc2ccc(Br)cc21. The van der Waals surface area contributed by atoms with Crippen molar-refractivity contribution >= 4 is 27.3 Å². The lowest BCUT2D eigenvalue weighted by Gasteiger charge is -2.32. The molecule has 1 aromatic heterocycles. The first-order valence-electron chi connectivity index (χ1n) is 6.78. The second-order valence-corrected chi connectivity index (χ2v) is 7.61. The van der Waals surface area contributed by atoms with E-state index in [1.807, 2.05) is 24.5 Å². The van der Waals surface area contributed by atoms with Gasteiger partial charge in [0.05, 0.1) is 0 Å². The molecule has 0 saturated carbocycles. The summed E-state index contributed by atoms with van der Waals surface area (Å²) in [5, 5.41) is 3.42. The summed E-state index contributed by atoms with van der Waals surface area (Å²) in [7, 11) is 2.02. The van der Waals surface area contributed by atoms with Crippen LogP contribution in [0, 0.1) is 13.8 Å². The highest BCUT2D eigenvalue weighted by atomic mass is 79.9. The third-order valence-electron chi connectivity index (χ3n) is 3.84. The van der Waals surface area contributed by atoms with Crippen LogP contribution in [0.5, 0.6) is 5.75 Å². The molecule has 1 N–H and O–H groups in total. The fraction of sp³-hybridized carbons (Fsp3) is 0.375. The van der Waals surface area contributed by atoms with E-state index < -0.39 is 0 Å². The second kappa shape index (κ2) is 5.51. The number of fused-ring (bicyclic) bond motifs is 1. The van der Waals surface area contributed by atoms with Gasteiger partial charge in [0, 0.05) is 37.8 Å². The molecule has 0 radical (unpaired) electrons. The van der Waals surface area contributed by atoms with E-state index in [0.717, 1.165) is 16.6 Å². The molecule has 1 aliphatic heterocycles. The molecule has 20 heavy (non-hydrogen) atoms. The molecule has 2 nitrogen and oxygen atoms in total. The van der Waals surface area contributed by atoms with Crippen LogP contribution in [-0.4, -0.2) is 7.05 Å². The van der Waals surface area contributed by atoms with Gasteiger partial charge < -0.3 is 10.1 Å². The molecule has 2 aromatic rings. The lowest BCUT2D eigenvalue weighted by molar-refractivity contribution is 0.153. The summed E-state index contributed by atoms with van der Waals surface area (Å²) in [4.78, 5) is 2.71. The lowest BCUT2D eigenvalue weighted by Crippen LogP contribution is -2.26. The highest BCUT2D eigenvalue weighted by molar-refractivity contribution is 9.10. The molecule has 0 spiro atoms. The number of thiophene rings is 1. The Morgan fingerprint density at radius 2 is 2.05 bits per heavy atom. The van der Waals surface area contributed by atoms with Crippen molar-refractivity contribution in [2.75, 3.05) is 7.05 Å². The van der Waals surface area contributed by atoms with Gasteiger partial charge in [-0.2, -0.15) is 0 Å². The molecule has 2 unspecified atom stereocenters. The number of rotatable bonds is 2. The van der Waals surface area contributed by atoms with E-state index in [0.29, 0.717) is 6.04 Å². The van der Waals surface area contributed by atoms with Crippen LogP contribution in [0.15, 0.2) is 28.7 Å². The maximum Gasteiger partial charge on any atom is 0.127 e. The number of halogens is 1. The molecule has 1 aromatic carbocycles. The Labute approximate surface area is 132 Å². The van der Waals surface area contributed by atoms with Gasteiger partial charge in [0.2, 0.25) is 0 Å². The molecule has 2 atom stereocenters. The van der Waals surface area contributed by atoms with Gasteiger partial charge in [-0.25, -0.2) is 0 Å². The van der Waals surface area contributed by atoms with Crippen molar-refractivity contribution in [3.8, 4) is 5.75 Å². The Morgan fingerprint density at radius 1 is 1.25 bits per heavy atom. The zero-order chi connectivity index (χ0) is 14.3. The van der Waals surface area contributed by atoms with Gasteiger partial charge in [-0.15, -0.1) is 11.3 Å². The van der Waals surface area contributed by atoms with Gasteiger partial charge in [-0.1, -0.05) is 15.9 Å². The summed E-state index contributed by atoms with van der Waals surface area (Å²) in [6, 6.07) is 8.85. The number of hydrogen-bond donors (Lipinski definition) is 1. The largest absolute Gasteiger partial charge is 0.485 e. The van der Waals surface area contributed by atoms with Crippen LogP contribution in [0.1, 0.15) is 39.4 Å². The lowest BCUT2D eigenvalue weighted by atomic mass is 9.93. The van der Waals surface area contributed by atoms with Crippen molar-refractivity contribution in [1.82, 2.24) is 5.32 Å². The smallest absolute Gasteiger partial charge is 0.127 e. The van der Waals surface area contributed by atoms with Gasteiger partial charge in [0.15, 0.2) is 0 Å². The third-order valence-corrected chi connectivity index (χ3v) is 5.32. The van der Waals surface area contributed by atoms with Crippen molar-refractivity contribution in [2.45, 2.75) is 32.4 Å². The standard InChI is InChI=1S/C16H18BrNOS/c1-9-6-12(10(2)20-9)16-8-14(18-3)13-7-11(17)4-5-15(13)19-16/h4-7,14,16,18H,8H2,1-3H3. The number of ether oxygens (including phenoxy) is 1. The molecule has 3 rings (SSSR count). The fourth-order valence-electron chi connectivity index (χ4n) is 2.88. The van der Waals surface area contributed by atoms with E-state index in [2.05, 4.69) is 53.3 Å². The Hall–Kier alpha value is -0.840. The second-order valence-electron chi connectivity index (χ2n) is 5.23. The Morgan fingerprint density at radius 3 is 2.70 bits per heavy atom. The number of nitrogens with one attached hydrogen (secondary N) is 1. The van der Waals surface area contributed by atoms with Crippen LogP contribution in [0.25, 0.3) is 0 Å². The normalized spacial score (nSPS) is 21.4. The van der Waals surface area contributed by atoms with E-state index in [9.17, 15) is 0 Å². The predicted molar refractivity (Wildman–Crippen MR) is 87.7 cm³/mol. The van der Waals surface area contributed by atoms with E-state index in [1.165, 1.54) is 20.9 Å². The van der Waals surface area contributed by atoms with Gasteiger partial charge in [0.1, 0.15) is 11.9 Å². The van der Waals surface area contributed by atoms with Gasteiger partial charge >= 0.3 is 0 Å².